The maximum absolute atomic E-state index is 13.3. The minimum Gasteiger partial charge on any atom is -0.459 e. The fourth-order valence-corrected chi connectivity index (χ4v) is 4.33. The average Bonchev–Trinajstić information content (AvgIpc) is 3.50. The van der Waals surface area contributed by atoms with Crippen LogP contribution in [0.4, 0.5) is 9.52 Å². The summed E-state index contributed by atoms with van der Waals surface area (Å²) in [5, 5.41) is 9.65. The molecule has 2 amide bonds. The first-order chi connectivity index (χ1) is 14.6. The number of rotatable bonds is 7. The standard InChI is InChI=1S/C21H16FN3O3S2/c22-14-7-5-13(6-8-14)19(17-4-2-10-29-17)24-18(26)11-15-12-30-21(23-15)25-20(27)16-3-1-9-28-16/h1-10,12,19H,11H2,(H,24,26)(H,23,25,27)/t19-/m0/s1. The van der Waals surface area contributed by atoms with Crippen molar-refractivity contribution in [1.29, 1.82) is 0 Å². The summed E-state index contributed by atoms with van der Waals surface area (Å²) in [6.45, 7) is 0. The van der Waals surface area contributed by atoms with Gasteiger partial charge in [-0.2, -0.15) is 0 Å². The third kappa shape index (κ3) is 4.81. The number of anilines is 1. The predicted molar refractivity (Wildman–Crippen MR) is 113 cm³/mol. The molecule has 1 atom stereocenters. The zero-order chi connectivity index (χ0) is 20.9. The van der Waals surface area contributed by atoms with E-state index < -0.39 is 5.91 Å². The van der Waals surface area contributed by atoms with Gasteiger partial charge in [-0.05, 0) is 41.3 Å². The van der Waals surface area contributed by atoms with Crippen molar-refractivity contribution < 1.29 is 18.4 Å². The molecule has 4 rings (SSSR count). The van der Waals surface area contributed by atoms with Gasteiger partial charge in [0.1, 0.15) is 5.82 Å². The third-order valence-electron chi connectivity index (χ3n) is 4.20. The van der Waals surface area contributed by atoms with Crippen LogP contribution in [0.25, 0.3) is 0 Å². The number of hydrogen-bond acceptors (Lipinski definition) is 6. The summed E-state index contributed by atoms with van der Waals surface area (Å²) in [5.41, 5.74) is 1.33. The van der Waals surface area contributed by atoms with Gasteiger partial charge in [-0.3, -0.25) is 14.9 Å². The van der Waals surface area contributed by atoms with Gasteiger partial charge in [-0.1, -0.05) is 18.2 Å². The van der Waals surface area contributed by atoms with Crippen molar-refractivity contribution in [2.75, 3.05) is 5.32 Å². The van der Waals surface area contributed by atoms with Gasteiger partial charge in [0.2, 0.25) is 5.91 Å². The van der Waals surface area contributed by atoms with Gasteiger partial charge in [0.25, 0.3) is 5.91 Å². The first kappa shape index (κ1) is 20.0. The first-order valence-corrected chi connectivity index (χ1v) is 10.7. The van der Waals surface area contributed by atoms with E-state index in [1.807, 2.05) is 17.5 Å². The zero-order valence-corrected chi connectivity index (χ0v) is 17.1. The van der Waals surface area contributed by atoms with Gasteiger partial charge in [0.15, 0.2) is 10.9 Å². The van der Waals surface area contributed by atoms with E-state index >= 15 is 0 Å². The molecule has 3 aromatic heterocycles. The Balaban J connectivity index is 1.42. The molecule has 1 aromatic carbocycles. The molecule has 9 heteroatoms. The van der Waals surface area contributed by atoms with E-state index in [1.165, 1.54) is 41.1 Å². The number of thiophene rings is 1. The summed E-state index contributed by atoms with van der Waals surface area (Å²) in [7, 11) is 0. The van der Waals surface area contributed by atoms with Crippen LogP contribution in [0.5, 0.6) is 0 Å². The van der Waals surface area contributed by atoms with Crippen LogP contribution in [0.15, 0.2) is 70.0 Å². The van der Waals surface area contributed by atoms with Crippen molar-refractivity contribution in [3.8, 4) is 0 Å². The highest BCUT2D eigenvalue weighted by molar-refractivity contribution is 7.14. The van der Waals surface area contributed by atoms with E-state index in [0.717, 1.165) is 10.4 Å². The fourth-order valence-electron chi connectivity index (χ4n) is 2.82. The highest BCUT2D eigenvalue weighted by atomic mass is 32.1. The molecule has 0 spiro atoms. The summed E-state index contributed by atoms with van der Waals surface area (Å²) in [4.78, 5) is 29.9. The van der Waals surface area contributed by atoms with Crippen LogP contribution in [-0.2, 0) is 11.2 Å². The summed E-state index contributed by atoms with van der Waals surface area (Å²) in [5.74, 6) is -0.782. The quantitative estimate of drug-likeness (QED) is 0.438. The highest BCUT2D eigenvalue weighted by Gasteiger charge is 2.19. The number of nitrogens with one attached hydrogen (secondary N) is 2. The number of hydrogen-bond donors (Lipinski definition) is 2. The molecule has 0 aliphatic heterocycles. The van der Waals surface area contributed by atoms with E-state index in [9.17, 15) is 14.0 Å². The predicted octanol–water partition coefficient (Wildman–Crippen LogP) is 4.64. The Morgan fingerprint density at radius 1 is 1.10 bits per heavy atom. The molecular formula is C21H16FN3O3S2. The van der Waals surface area contributed by atoms with Crippen molar-refractivity contribution >= 4 is 39.6 Å². The average molecular weight is 442 g/mol. The maximum atomic E-state index is 13.3. The highest BCUT2D eigenvalue weighted by Crippen LogP contribution is 2.26. The van der Waals surface area contributed by atoms with Crippen LogP contribution in [0.1, 0.15) is 32.7 Å². The molecule has 0 saturated carbocycles. The molecule has 0 aliphatic carbocycles. The number of thiazole rings is 1. The molecule has 2 N–H and O–H groups in total. The van der Waals surface area contributed by atoms with Crippen LogP contribution in [0, 0.1) is 5.82 Å². The van der Waals surface area contributed by atoms with Gasteiger partial charge in [-0.25, -0.2) is 9.37 Å². The largest absolute Gasteiger partial charge is 0.459 e. The van der Waals surface area contributed by atoms with E-state index in [1.54, 1.807) is 29.6 Å². The van der Waals surface area contributed by atoms with Crippen LogP contribution >= 0.6 is 22.7 Å². The molecule has 30 heavy (non-hydrogen) atoms. The molecule has 0 saturated heterocycles. The van der Waals surface area contributed by atoms with Gasteiger partial charge in [0.05, 0.1) is 24.4 Å². The number of benzene rings is 1. The minimum atomic E-state index is -0.403. The van der Waals surface area contributed by atoms with Crippen LogP contribution < -0.4 is 10.6 Å². The molecule has 3 heterocycles. The topological polar surface area (TPSA) is 84.2 Å². The van der Waals surface area contributed by atoms with E-state index in [-0.39, 0.29) is 29.9 Å². The number of furan rings is 1. The molecule has 152 valence electrons. The van der Waals surface area contributed by atoms with Crippen LogP contribution in [0.2, 0.25) is 0 Å². The Morgan fingerprint density at radius 2 is 1.93 bits per heavy atom. The molecule has 0 bridgehead atoms. The number of carbonyl (C=O) groups is 2. The molecule has 0 aliphatic rings. The lowest BCUT2D eigenvalue weighted by molar-refractivity contribution is -0.121. The summed E-state index contributed by atoms with van der Waals surface area (Å²) in [6, 6.07) is 12.7. The Kier molecular flexibility index (Phi) is 6.01. The van der Waals surface area contributed by atoms with Gasteiger partial charge < -0.3 is 9.73 Å². The summed E-state index contributed by atoms with van der Waals surface area (Å²) in [6.07, 6.45) is 1.47. The first-order valence-electron chi connectivity index (χ1n) is 8.96. The fraction of sp³-hybridized carbons (Fsp3) is 0.0952. The lowest BCUT2D eigenvalue weighted by atomic mass is 10.0. The van der Waals surface area contributed by atoms with E-state index in [0.29, 0.717) is 10.8 Å². The monoisotopic (exact) mass is 441 g/mol. The maximum Gasteiger partial charge on any atom is 0.293 e. The summed E-state index contributed by atoms with van der Waals surface area (Å²) >= 11 is 2.74. The third-order valence-corrected chi connectivity index (χ3v) is 5.94. The van der Waals surface area contributed by atoms with E-state index in [2.05, 4.69) is 15.6 Å². The lowest BCUT2D eigenvalue weighted by Gasteiger charge is -2.18. The van der Waals surface area contributed by atoms with Crippen LogP contribution in [-0.4, -0.2) is 16.8 Å². The smallest absolute Gasteiger partial charge is 0.293 e. The number of amides is 2. The van der Waals surface area contributed by atoms with Gasteiger partial charge in [0, 0.05) is 10.3 Å². The van der Waals surface area contributed by atoms with Crippen LogP contribution in [0.3, 0.4) is 0 Å². The van der Waals surface area contributed by atoms with Crippen molar-refractivity contribution in [3.05, 3.63) is 93.3 Å². The summed E-state index contributed by atoms with van der Waals surface area (Å²) < 4.78 is 18.3. The molecule has 4 aromatic rings. The molecule has 0 unspecified atom stereocenters. The van der Waals surface area contributed by atoms with Crippen molar-refractivity contribution in [3.63, 3.8) is 0 Å². The lowest BCUT2D eigenvalue weighted by Crippen LogP contribution is -2.30. The number of aromatic nitrogens is 1. The second-order valence-electron chi connectivity index (χ2n) is 6.32. The Hall–Kier alpha value is -3.30. The van der Waals surface area contributed by atoms with Crippen molar-refractivity contribution in [2.45, 2.75) is 12.5 Å². The zero-order valence-electron chi connectivity index (χ0n) is 15.5. The van der Waals surface area contributed by atoms with Gasteiger partial charge in [-0.15, -0.1) is 22.7 Å². The number of nitrogens with zero attached hydrogens (tertiary/aromatic N) is 1. The molecular weight excluding hydrogens is 425 g/mol. The normalized spacial score (nSPS) is 11.8. The van der Waals surface area contributed by atoms with Crippen molar-refractivity contribution in [2.24, 2.45) is 0 Å². The van der Waals surface area contributed by atoms with Gasteiger partial charge >= 0.3 is 0 Å². The molecule has 6 nitrogen and oxygen atoms in total. The van der Waals surface area contributed by atoms with Crippen molar-refractivity contribution in [1.82, 2.24) is 10.3 Å². The molecule has 0 fully saturated rings. The van der Waals surface area contributed by atoms with E-state index in [4.69, 9.17) is 4.42 Å². The second kappa shape index (κ2) is 9.02. The SMILES string of the molecule is O=C(Cc1csc(NC(=O)c2ccco2)n1)N[C@@H](c1ccc(F)cc1)c1cccs1. The number of halogens is 1. The number of carbonyl (C=O) groups excluding carboxylic acids is 2. The Labute approximate surface area is 179 Å². The minimum absolute atomic E-state index is 0.0518. The Bertz CT molecular complexity index is 1120. The second-order valence-corrected chi connectivity index (χ2v) is 8.16. The Morgan fingerprint density at radius 3 is 2.63 bits per heavy atom. The molecule has 0 radical (unpaired) electrons.